The fourth-order valence-corrected chi connectivity index (χ4v) is 1.39. The Bertz CT molecular complexity index is 492. The van der Waals surface area contributed by atoms with Crippen molar-refractivity contribution < 1.29 is 0 Å². The monoisotopic (exact) mass is 217 g/mol. The van der Waals surface area contributed by atoms with E-state index in [2.05, 4.69) is 62.5 Å². The van der Waals surface area contributed by atoms with Crippen LogP contribution in [0.15, 0.2) is 67.3 Å². The second-order valence-electron chi connectivity index (χ2n) is 3.85. The molecule has 2 aromatic rings. The molecule has 0 amide bonds. The molecule has 2 aromatic carbocycles. The largest absolute Gasteiger partial charge is 0.0988 e. The summed E-state index contributed by atoms with van der Waals surface area (Å²) in [4.78, 5) is 0. The van der Waals surface area contributed by atoms with Crippen molar-refractivity contribution in [1.82, 2.24) is 0 Å². The maximum atomic E-state index is 3.56. The zero-order valence-electron chi connectivity index (χ0n) is 11.0. The predicted molar refractivity (Wildman–Crippen MR) is 79.5 cm³/mol. The molecule has 17 heavy (non-hydrogen) atoms. The summed E-state index contributed by atoms with van der Waals surface area (Å²) in [5.41, 5.74) is 2.37. The summed E-state index contributed by atoms with van der Waals surface area (Å²) in [6.45, 7) is 11.1. The van der Waals surface area contributed by atoms with E-state index >= 15 is 0 Å². The van der Waals surface area contributed by atoms with Gasteiger partial charge >= 0.3 is 0 Å². The number of hydrogen-bond acceptors (Lipinski definition) is 0. The molecule has 1 radical (unpaired) electrons. The molecule has 0 heterocycles. The Morgan fingerprint density at radius 3 is 2.12 bits per heavy atom. The first-order valence-corrected chi connectivity index (χ1v) is 5.37. The van der Waals surface area contributed by atoms with Crippen LogP contribution in [-0.2, 0) is 0 Å². The Morgan fingerprint density at radius 2 is 1.59 bits per heavy atom. The minimum absolute atomic E-state index is 0. The van der Waals surface area contributed by atoms with Crippen LogP contribution in [0.5, 0.6) is 0 Å². The zero-order chi connectivity index (χ0) is 12.0. The van der Waals surface area contributed by atoms with Crippen molar-refractivity contribution in [2.24, 2.45) is 0 Å². The van der Waals surface area contributed by atoms with Crippen LogP contribution in [0.2, 0.25) is 0 Å². The zero-order valence-corrected chi connectivity index (χ0v) is 11.0. The quantitative estimate of drug-likeness (QED) is 0.486. The van der Waals surface area contributed by atoms with Crippen LogP contribution in [0, 0.1) is 6.92 Å². The van der Waals surface area contributed by atoms with Crippen LogP contribution in [0.1, 0.15) is 12.5 Å². The number of fused-ring (bicyclic) bond motifs is 1. The SMILES string of the molecule is C=CC(=C)C.Cc1cccc2ccccc12.[Li]. The number of aryl methyl sites for hydroxylation is 1. The summed E-state index contributed by atoms with van der Waals surface area (Å²) in [5, 5.41) is 2.68. The van der Waals surface area contributed by atoms with Gasteiger partial charge in [0, 0.05) is 18.9 Å². The van der Waals surface area contributed by atoms with E-state index in [0.717, 1.165) is 5.57 Å². The molecule has 0 aliphatic rings. The maximum Gasteiger partial charge on any atom is 0 e. The Hall–Kier alpha value is -1.22. The molecule has 0 saturated carbocycles. The molecule has 0 unspecified atom stereocenters. The molecular formula is C16H18Li. The minimum Gasteiger partial charge on any atom is -0.0988 e. The van der Waals surface area contributed by atoms with Crippen LogP contribution in [-0.4, -0.2) is 18.9 Å². The van der Waals surface area contributed by atoms with Gasteiger partial charge < -0.3 is 0 Å². The van der Waals surface area contributed by atoms with Gasteiger partial charge in [-0.15, -0.1) is 0 Å². The molecule has 2 rings (SSSR count). The van der Waals surface area contributed by atoms with Gasteiger partial charge in [0.25, 0.3) is 0 Å². The second-order valence-corrected chi connectivity index (χ2v) is 3.85. The van der Waals surface area contributed by atoms with Crippen molar-refractivity contribution in [3.63, 3.8) is 0 Å². The van der Waals surface area contributed by atoms with Gasteiger partial charge in [-0.05, 0) is 30.2 Å². The molecule has 0 aliphatic heterocycles. The summed E-state index contributed by atoms with van der Waals surface area (Å²) in [7, 11) is 0. The van der Waals surface area contributed by atoms with E-state index in [1.165, 1.54) is 16.3 Å². The normalized spacial score (nSPS) is 8.59. The third-order valence-corrected chi connectivity index (χ3v) is 2.36. The average Bonchev–Trinajstić information content (AvgIpc) is 2.30. The smallest absolute Gasteiger partial charge is 0 e. The summed E-state index contributed by atoms with van der Waals surface area (Å²) in [6.07, 6.45) is 1.72. The van der Waals surface area contributed by atoms with Crippen molar-refractivity contribution in [1.29, 1.82) is 0 Å². The molecular weight excluding hydrogens is 199 g/mol. The molecule has 1 heteroatoms. The predicted octanol–water partition coefficient (Wildman–Crippen LogP) is 4.52. The van der Waals surface area contributed by atoms with Crippen molar-refractivity contribution in [2.75, 3.05) is 0 Å². The van der Waals surface area contributed by atoms with E-state index in [4.69, 9.17) is 0 Å². The van der Waals surface area contributed by atoms with Crippen LogP contribution >= 0.6 is 0 Å². The summed E-state index contributed by atoms with van der Waals surface area (Å²) in [5.74, 6) is 0. The van der Waals surface area contributed by atoms with Crippen LogP contribution in [0.4, 0.5) is 0 Å². The molecule has 0 spiro atoms. The van der Waals surface area contributed by atoms with E-state index in [-0.39, 0.29) is 18.9 Å². The summed E-state index contributed by atoms with van der Waals surface area (Å²) < 4.78 is 0. The van der Waals surface area contributed by atoms with E-state index in [0.29, 0.717) is 0 Å². The van der Waals surface area contributed by atoms with Gasteiger partial charge in [-0.1, -0.05) is 67.3 Å². The third kappa shape index (κ3) is 5.09. The number of allylic oxidation sites excluding steroid dienone is 2. The fourth-order valence-electron chi connectivity index (χ4n) is 1.39. The van der Waals surface area contributed by atoms with Crippen LogP contribution < -0.4 is 0 Å². The van der Waals surface area contributed by atoms with Gasteiger partial charge in [0.15, 0.2) is 0 Å². The van der Waals surface area contributed by atoms with Gasteiger partial charge in [0.1, 0.15) is 0 Å². The Labute approximate surface area is 116 Å². The van der Waals surface area contributed by atoms with Crippen LogP contribution in [0.25, 0.3) is 10.8 Å². The second kappa shape index (κ2) is 7.96. The molecule has 0 aliphatic carbocycles. The Balaban J connectivity index is 0.000000373. The molecule has 83 valence electrons. The standard InChI is InChI=1S/C11H10.C5H8.Li/c1-9-5-4-7-10-6-2-3-8-11(9)10;1-4-5(2)3;/h2-8H,1H3;4H,1-2H2,3H3;. The molecule has 0 nitrogen and oxygen atoms in total. The molecule has 0 N–H and O–H groups in total. The number of hydrogen-bond donors (Lipinski definition) is 0. The number of rotatable bonds is 1. The van der Waals surface area contributed by atoms with E-state index in [9.17, 15) is 0 Å². The van der Waals surface area contributed by atoms with E-state index in [1.54, 1.807) is 6.08 Å². The van der Waals surface area contributed by atoms with Crippen molar-refractivity contribution >= 4 is 29.6 Å². The van der Waals surface area contributed by atoms with E-state index < -0.39 is 0 Å². The molecule has 0 aromatic heterocycles. The topological polar surface area (TPSA) is 0 Å². The van der Waals surface area contributed by atoms with Gasteiger partial charge in [-0.2, -0.15) is 0 Å². The van der Waals surface area contributed by atoms with Gasteiger partial charge in [-0.3, -0.25) is 0 Å². The summed E-state index contributed by atoms with van der Waals surface area (Å²) in [6, 6.07) is 14.8. The Kier molecular flexibility index (Phi) is 7.38. The maximum absolute atomic E-state index is 3.56. The first-order chi connectivity index (χ1) is 7.65. The average molecular weight is 217 g/mol. The molecule has 0 fully saturated rings. The Morgan fingerprint density at radius 1 is 1.06 bits per heavy atom. The first-order valence-electron chi connectivity index (χ1n) is 5.37. The fraction of sp³-hybridized carbons (Fsp3) is 0.125. The van der Waals surface area contributed by atoms with Gasteiger partial charge in [-0.25, -0.2) is 0 Å². The number of benzene rings is 2. The van der Waals surface area contributed by atoms with Crippen molar-refractivity contribution in [3.05, 3.63) is 72.8 Å². The van der Waals surface area contributed by atoms with Crippen LogP contribution in [0.3, 0.4) is 0 Å². The van der Waals surface area contributed by atoms with Crippen molar-refractivity contribution in [2.45, 2.75) is 13.8 Å². The summed E-state index contributed by atoms with van der Waals surface area (Å²) >= 11 is 0. The van der Waals surface area contributed by atoms with Crippen molar-refractivity contribution in [3.8, 4) is 0 Å². The van der Waals surface area contributed by atoms with E-state index in [1.807, 2.05) is 6.92 Å². The molecule has 0 bridgehead atoms. The first kappa shape index (κ1) is 15.8. The van der Waals surface area contributed by atoms with Gasteiger partial charge in [0.05, 0.1) is 0 Å². The third-order valence-electron chi connectivity index (χ3n) is 2.36. The molecule has 0 saturated heterocycles. The minimum atomic E-state index is 0. The van der Waals surface area contributed by atoms with Gasteiger partial charge in [0.2, 0.25) is 0 Å². The molecule has 0 atom stereocenters.